The first-order chi connectivity index (χ1) is 19.2. The Labute approximate surface area is 234 Å². The van der Waals surface area contributed by atoms with Gasteiger partial charge in [0, 0.05) is 50.9 Å². The SMILES string of the molecule is CC(=O)N(C)[C@H]1CC[C@@H](CN(C)CCCc2ccc(F)cc2)[C@H](NC(=O)Nc2cccc(-c3nnnn3C)c2)C1. The van der Waals surface area contributed by atoms with Crippen molar-refractivity contribution in [3.05, 3.63) is 59.9 Å². The Balaban J connectivity index is 1.37. The molecule has 10 nitrogen and oxygen atoms in total. The summed E-state index contributed by atoms with van der Waals surface area (Å²) in [5, 5.41) is 17.8. The largest absolute Gasteiger partial charge is 0.343 e. The van der Waals surface area contributed by atoms with Crippen LogP contribution in [0.1, 0.15) is 38.2 Å². The number of carbonyl (C=O) groups is 2. The van der Waals surface area contributed by atoms with Crippen molar-refractivity contribution in [1.82, 2.24) is 35.3 Å². The number of anilines is 1. The van der Waals surface area contributed by atoms with Gasteiger partial charge in [-0.15, -0.1) is 5.10 Å². The van der Waals surface area contributed by atoms with Crippen LogP contribution in [-0.4, -0.2) is 81.2 Å². The third-order valence-electron chi connectivity index (χ3n) is 7.79. The van der Waals surface area contributed by atoms with Crippen LogP contribution >= 0.6 is 0 Å². The first-order valence-electron chi connectivity index (χ1n) is 13.8. The molecule has 0 saturated heterocycles. The van der Waals surface area contributed by atoms with Gasteiger partial charge in [0.25, 0.3) is 0 Å². The quantitative estimate of drug-likeness (QED) is 0.398. The molecular weight excluding hydrogens is 511 g/mol. The predicted octanol–water partition coefficient (Wildman–Crippen LogP) is 3.72. The summed E-state index contributed by atoms with van der Waals surface area (Å²) < 4.78 is 14.8. The highest BCUT2D eigenvalue weighted by Crippen LogP contribution is 2.29. The minimum atomic E-state index is -0.284. The van der Waals surface area contributed by atoms with Crippen molar-refractivity contribution >= 4 is 17.6 Å². The van der Waals surface area contributed by atoms with Crippen LogP contribution in [0.4, 0.5) is 14.9 Å². The second kappa shape index (κ2) is 13.5. The number of carbonyl (C=O) groups excluding carboxylic acids is 2. The lowest BCUT2D eigenvalue weighted by atomic mass is 9.80. The molecule has 1 saturated carbocycles. The molecule has 0 unspecified atom stereocenters. The molecule has 1 fully saturated rings. The third kappa shape index (κ3) is 7.84. The zero-order valence-corrected chi connectivity index (χ0v) is 23.7. The van der Waals surface area contributed by atoms with E-state index in [4.69, 9.17) is 0 Å². The van der Waals surface area contributed by atoms with Crippen LogP contribution < -0.4 is 10.6 Å². The van der Waals surface area contributed by atoms with Crippen molar-refractivity contribution in [1.29, 1.82) is 0 Å². The Bertz CT molecular complexity index is 1280. The molecule has 2 aromatic carbocycles. The average Bonchev–Trinajstić information content (AvgIpc) is 3.36. The fraction of sp³-hybridized carbons (Fsp3) is 0.483. The maximum atomic E-state index is 13.2. The molecule has 1 aliphatic carbocycles. The molecule has 3 amide bonds. The topological polar surface area (TPSA) is 108 Å². The summed E-state index contributed by atoms with van der Waals surface area (Å²) in [6.07, 6.45) is 4.35. The zero-order valence-electron chi connectivity index (χ0n) is 23.7. The normalized spacial score (nSPS) is 18.9. The summed E-state index contributed by atoms with van der Waals surface area (Å²) in [4.78, 5) is 29.3. The average molecular weight is 551 g/mol. The van der Waals surface area contributed by atoms with E-state index in [1.54, 1.807) is 23.6 Å². The maximum absolute atomic E-state index is 13.2. The fourth-order valence-electron chi connectivity index (χ4n) is 5.46. The van der Waals surface area contributed by atoms with E-state index in [9.17, 15) is 14.0 Å². The number of amides is 3. The molecule has 40 heavy (non-hydrogen) atoms. The predicted molar refractivity (Wildman–Crippen MR) is 152 cm³/mol. The standard InChI is InChI=1S/C29H39FN8O2/c1-20(39)37(3)26-15-12-23(19-36(2)16-6-7-21-10-13-24(30)14-11-21)27(18-26)32-29(40)31-25-9-5-8-22(17-25)28-33-34-35-38(28)4/h5,8-11,13-14,17,23,26-27H,6-7,12,15-16,18-19H2,1-4H3,(H2,31,32,40)/t23-,26-,27+/m0/s1. The van der Waals surface area contributed by atoms with Crippen molar-refractivity contribution in [3.8, 4) is 11.4 Å². The molecule has 3 atom stereocenters. The number of halogens is 1. The summed E-state index contributed by atoms with van der Waals surface area (Å²) in [6.45, 7) is 3.31. The van der Waals surface area contributed by atoms with Gasteiger partial charge in [-0.1, -0.05) is 24.3 Å². The van der Waals surface area contributed by atoms with Gasteiger partial charge in [-0.25, -0.2) is 13.9 Å². The molecule has 0 bridgehead atoms. The van der Waals surface area contributed by atoms with E-state index in [1.165, 1.54) is 12.1 Å². The smallest absolute Gasteiger partial charge is 0.319 e. The molecule has 11 heteroatoms. The summed E-state index contributed by atoms with van der Waals surface area (Å²) in [5.41, 5.74) is 2.56. The summed E-state index contributed by atoms with van der Waals surface area (Å²) in [5.74, 6) is 0.660. The lowest BCUT2D eigenvalue weighted by molar-refractivity contribution is -0.130. The van der Waals surface area contributed by atoms with E-state index >= 15 is 0 Å². The Hall–Kier alpha value is -3.86. The number of aryl methyl sites for hydroxylation is 2. The minimum Gasteiger partial charge on any atom is -0.343 e. The molecule has 1 aliphatic rings. The van der Waals surface area contributed by atoms with E-state index in [-0.39, 0.29) is 35.8 Å². The van der Waals surface area contributed by atoms with Crippen LogP contribution in [0, 0.1) is 11.7 Å². The molecule has 4 rings (SSSR count). The number of benzene rings is 2. The highest BCUT2D eigenvalue weighted by atomic mass is 19.1. The minimum absolute atomic E-state index is 0.0274. The monoisotopic (exact) mass is 550 g/mol. The molecule has 1 heterocycles. The van der Waals surface area contributed by atoms with E-state index in [2.05, 4.69) is 38.1 Å². The second-order valence-electron chi connectivity index (χ2n) is 10.8. The van der Waals surface area contributed by atoms with Crippen LogP contribution in [0.25, 0.3) is 11.4 Å². The van der Waals surface area contributed by atoms with Crippen LogP contribution in [0.15, 0.2) is 48.5 Å². The van der Waals surface area contributed by atoms with Crippen molar-refractivity contribution < 1.29 is 14.0 Å². The lowest BCUT2D eigenvalue weighted by Crippen LogP contribution is -2.53. The van der Waals surface area contributed by atoms with Gasteiger partial charge in [0.15, 0.2) is 5.82 Å². The molecule has 0 spiro atoms. The van der Waals surface area contributed by atoms with Crippen LogP contribution in [0.5, 0.6) is 0 Å². The summed E-state index contributed by atoms with van der Waals surface area (Å²) in [6, 6.07) is 13.8. The van der Waals surface area contributed by atoms with Gasteiger partial charge >= 0.3 is 6.03 Å². The second-order valence-corrected chi connectivity index (χ2v) is 10.8. The highest BCUT2D eigenvalue weighted by Gasteiger charge is 2.34. The zero-order chi connectivity index (χ0) is 28.6. The van der Waals surface area contributed by atoms with E-state index < -0.39 is 0 Å². The highest BCUT2D eigenvalue weighted by molar-refractivity contribution is 5.90. The van der Waals surface area contributed by atoms with Gasteiger partial charge in [0.05, 0.1) is 0 Å². The van der Waals surface area contributed by atoms with Gasteiger partial charge in [-0.05, 0) is 91.9 Å². The molecule has 3 aromatic rings. The Morgan fingerprint density at radius 3 is 2.60 bits per heavy atom. The number of nitrogens with zero attached hydrogens (tertiary/aromatic N) is 6. The number of rotatable bonds is 10. The molecule has 2 N–H and O–H groups in total. The van der Waals surface area contributed by atoms with Gasteiger partial charge in [0.2, 0.25) is 5.91 Å². The number of hydrogen-bond donors (Lipinski definition) is 2. The van der Waals surface area contributed by atoms with Crippen molar-refractivity contribution in [3.63, 3.8) is 0 Å². The molecular formula is C29H39FN8O2. The van der Waals surface area contributed by atoms with E-state index in [0.29, 0.717) is 17.9 Å². The summed E-state index contributed by atoms with van der Waals surface area (Å²) in [7, 11) is 5.70. The first kappa shape index (κ1) is 29.1. The van der Waals surface area contributed by atoms with Gasteiger partial charge in [0.1, 0.15) is 5.82 Å². The van der Waals surface area contributed by atoms with Crippen molar-refractivity contribution in [2.75, 3.05) is 32.5 Å². The lowest BCUT2D eigenvalue weighted by Gasteiger charge is -2.41. The molecule has 1 aromatic heterocycles. The Kier molecular flexibility index (Phi) is 9.81. The molecule has 0 radical (unpaired) electrons. The molecule has 214 valence electrons. The van der Waals surface area contributed by atoms with E-state index in [0.717, 1.165) is 49.9 Å². The van der Waals surface area contributed by atoms with Gasteiger partial charge in [-0.2, -0.15) is 0 Å². The number of tetrazole rings is 1. The summed E-state index contributed by atoms with van der Waals surface area (Å²) >= 11 is 0. The van der Waals surface area contributed by atoms with Gasteiger partial charge in [-0.3, -0.25) is 4.79 Å². The number of nitrogens with one attached hydrogen (secondary N) is 2. The maximum Gasteiger partial charge on any atom is 0.319 e. The third-order valence-corrected chi connectivity index (χ3v) is 7.79. The van der Waals surface area contributed by atoms with E-state index in [1.807, 2.05) is 43.4 Å². The first-order valence-corrected chi connectivity index (χ1v) is 13.8. The number of urea groups is 1. The fourth-order valence-corrected chi connectivity index (χ4v) is 5.46. The van der Waals surface area contributed by atoms with Gasteiger partial charge < -0.3 is 20.4 Å². The number of hydrogen-bond acceptors (Lipinski definition) is 6. The van der Waals surface area contributed by atoms with Crippen molar-refractivity contribution in [2.45, 2.75) is 51.1 Å². The Morgan fingerprint density at radius 2 is 1.90 bits per heavy atom. The Morgan fingerprint density at radius 1 is 1.12 bits per heavy atom. The number of aromatic nitrogens is 4. The van der Waals surface area contributed by atoms with Crippen LogP contribution in [0.3, 0.4) is 0 Å². The van der Waals surface area contributed by atoms with Crippen molar-refractivity contribution in [2.24, 2.45) is 13.0 Å². The molecule has 0 aliphatic heterocycles. The van der Waals surface area contributed by atoms with Crippen LogP contribution in [0.2, 0.25) is 0 Å². The van der Waals surface area contributed by atoms with Crippen LogP contribution in [-0.2, 0) is 18.3 Å².